The van der Waals surface area contributed by atoms with Crippen molar-refractivity contribution in [2.75, 3.05) is 13.7 Å². The maximum absolute atomic E-state index is 11.3. The number of para-hydroxylation sites is 2. The summed E-state index contributed by atoms with van der Waals surface area (Å²) in [4.78, 5) is 15.6. The van der Waals surface area contributed by atoms with Gasteiger partial charge in [0.15, 0.2) is 17.1 Å². The number of aromatic nitrogens is 1. The highest BCUT2D eigenvalue weighted by atomic mass is 35.5. The van der Waals surface area contributed by atoms with Crippen molar-refractivity contribution in [1.82, 2.24) is 4.98 Å². The van der Waals surface area contributed by atoms with Gasteiger partial charge in [0.05, 0.1) is 18.7 Å². The Labute approximate surface area is 167 Å². The number of aliphatic carboxylic acids is 1. The number of methoxy groups -OCH3 is 1. The van der Waals surface area contributed by atoms with E-state index in [9.17, 15) is 9.90 Å². The number of benzene rings is 2. The maximum Gasteiger partial charge on any atom is 0.223 e. The van der Waals surface area contributed by atoms with Crippen molar-refractivity contribution in [2.24, 2.45) is 0 Å². The summed E-state index contributed by atoms with van der Waals surface area (Å²) < 4.78 is 16.7. The molecule has 0 aliphatic carbocycles. The molecule has 3 aromatic rings. The fourth-order valence-electron chi connectivity index (χ4n) is 2.72. The van der Waals surface area contributed by atoms with E-state index in [1.165, 1.54) is 7.11 Å². The standard InChI is InChI=1S/C21H20ClNO5/c1-3-8-27-20-15(22)10-13(11-18(20)26-2)9-14(12-19(24)25)21-23-16-6-4-5-7-17(16)28-21/h4-7,9-11H,3,8,12H2,1-2H3,(H,24,25)/p-1/b14-9+. The zero-order chi connectivity index (χ0) is 20.1. The molecule has 0 unspecified atom stereocenters. The lowest BCUT2D eigenvalue weighted by molar-refractivity contribution is -0.304. The van der Waals surface area contributed by atoms with Crippen LogP contribution in [0.25, 0.3) is 22.7 Å². The van der Waals surface area contributed by atoms with E-state index in [1.54, 1.807) is 30.3 Å². The Kier molecular flexibility index (Phi) is 6.21. The highest BCUT2D eigenvalue weighted by Gasteiger charge is 2.15. The molecule has 0 atom stereocenters. The van der Waals surface area contributed by atoms with Gasteiger partial charge in [-0.05, 0) is 42.3 Å². The van der Waals surface area contributed by atoms with E-state index >= 15 is 0 Å². The van der Waals surface area contributed by atoms with Crippen LogP contribution in [0, 0.1) is 0 Å². The minimum atomic E-state index is -1.24. The second-order valence-electron chi connectivity index (χ2n) is 6.09. The summed E-state index contributed by atoms with van der Waals surface area (Å²) >= 11 is 6.35. The molecule has 2 aromatic carbocycles. The second kappa shape index (κ2) is 8.80. The van der Waals surface area contributed by atoms with Gasteiger partial charge in [-0.15, -0.1) is 0 Å². The Morgan fingerprint density at radius 1 is 1.32 bits per heavy atom. The van der Waals surface area contributed by atoms with Crippen molar-refractivity contribution in [1.29, 1.82) is 0 Å². The number of ether oxygens (including phenoxy) is 2. The van der Waals surface area contributed by atoms with Crippen LogP contribution in [0.1, 0.15) is 31.2 Å². The average Bonchev–Trinajstić information content (AvgIpc) is 3.10. The van der Waals surface area contributed by atoms with E-state index < -0.39 is 5.97 Å². The van der Waals surface area contributed by atoms with Gasteiger partial charge in [0.25, 0.3) is 0 Å². The average molecular weight is 401 g/mol. The number of hydrogen-bond donors (Lipinski definition) is 0. The molecule has 3 rings (SSSR count). The predicted molar refractivity (Wildman–Crippen MR) is 105 cm³/mol. The molecule has 7 heteroatoms. The normalized spacial score (nSPS) is 11.6. The van der Waals surface area contributed by atoms with Crippen molar-refractivity contribution in [3.05, 3.63) is 52.9 Å². The summed E-state index contributed by atoms with van der Waals surface area (Å²) in [6.45, 7) is 2.49. The van der Waals surface area contributed by atoms with Crippen LogP contribution >= 0.6 is 11.6 Å². The molecule has 0 radical (unpaired) electrons. The number of rotatable bonds is 8. The Balaban J connectivity index is 2.05. The van der Waals surface area contributed by atoms with Gasteiger partial charge in [-0.1, -0.05) is 30.7 Å². The van der Waals surface area contributed by atoms with Crippen LogP contribution in [0.15, 0.2) is 40.8 Å². The van der Waals surface area contributed by atoms with Crippen LogP contribution < -0.4 is 14.6 Å². The smallest absolute Gasteiger partial charge is 0.223 e. The number of carboxylic acids is 1. The number of halogens is 1. The number of hydrogen-bond acceptors (Lipinski definition) is 6. The number of carbonyl (C=O) groups is 1. The van der Waals surface area contributed by atoms with Crippen LogP contribution in [-0.2, 0) is 4.79 Å². The highest BCUT2D eigenvalue weighted by molar-refractivity contribution is 6.32. The first-order valence-corrected chi connectivity index (χ1v) is 9.16. The zero-order valence-electron chi connectivity index (χ0n) is 15.5. The fourth-order valence-corrected chi connectivity index (χ4v) is 3.00. The first-order chi connectivity index (χ1) is 13.5. The van der Waals surface area contributed by atoms with Crippen molar-refractivity contribution in [3.63, 3.8) is 0 Å². The molecule has 0 bridgehead atoms. The first-order valence-electron chi connectivity index (χ1n) is 8.78. The van der Waals surface area contributed by atoms with E-state index in [4.69, 9.17) is 25.5 Å². The molecule has 146 valence electrons. The van der Waals surface area contributed by atoms with Gasteiger partial charge < -0.3 is 23.8 Å². The van der Waals surface area contributed by atoms with E-state index in [0.29, 0.717) is 45.4 Å². The number of carbonyl (C=O) groups excluding carboxylic acids is 1. The molecule has 0 aliphatic rings. The molecular formula is C21H19ClNO5-. The summed E-state index contributed by atoms with van der Waals surface area (Å²) in [6.07, 6.45) is 2.11. The molecule has 0 N–H and O–H groups in total. The predicted octanol–water partition coefficient (Wildman–Crippen LogP) is 3.96. The van der Waals surface area contributed by atoms with Gasteiger partial charge in [-0.2, -0.15) is 0 Å². The van der Waals surface area contributed by atoms with E-state index in [-0.39, 0.29) is 12.3 Å². The quantitative estimate of drug-likeness (QED) is 0.569. The number of nitrogens with zero attached hydrogens (tertiary/aromatic N) is 1. The van der Waals surface area contributed by atoms with Gasteiger partial charge >= 0.3 is 0 Å². The van der Waals surface area contributed by atoms with Crippen molar-refractivity contribution < 1.29 is 23.8 Å². The first kappa shape index (κ1) is 19.8. The molecule has 0 aliphatic heterocycles. The molecule has 1 heterocycles. The van der Waals surface area contributed by atoms with Gasteiger partial charge in [0.2, 0.25) is 5.89 Å². The fraction of sp³-hybridized carbons (Fsp3) is 0.238. The lowest BCUT2D eigenvalue weighted by atomic mass is 10.1. The zero-order valence-corrected chi connectivity index (χ0v) is 16.3. The van der Waals surface area contributed by atoms with Crippen LogP contribution in [-0.4, -0.2) is 24.7 Å². The summed E-state index contributed by atoms with van der Waals surface area (Å²) in [6, 6.07) is 10.6. The summed E-state index contributed by atoms with van der Waals surface area (Å²) in [5, 5.41) is 11.6. The largest absolute Gasteiger partial charge is 0.550 e. The molecule has 0 amide bonds. The van der Waals surface area contributed by atoms with Crippen molar-refractivity contribution in [2.45, 2.75) is 19.8 Å². The van der Waals surface area contributed by atoms with Crippen molar-refractivity contribution in [3.8, 4) is 11.5 Å². The molecule has 0 saturated heterocycles. The SMILES string of the molecule is CCCOc1c(Cl)cc(/C=C(\CC(=O)[O-])c2nc3ccccc3o2)cc1OC. The van der Waals surface area contributed by atoms with Crippen LogP contribution in [0.5, 0.6) is 11.5 Å². The van der Waals surface area contributed by atoms with Crippen molar-refractivity contribution >= 4 is 40.3 Å². The van der Waals surface area contributed by atoms with E-state index in [1.807, 2.05) is 19.1 Å². The monoisotopic (exact) mass is 400 g/mol. The van der Waals surface area contributed by atoms with Crippen LogP contribution in [0.2, 0.25) is 5.02 Å². The Bertz CT molecular complexity index is 992. The third-order valence-corrected chi connectivity index (χ3v) is 4.23. The molecule has 28 heavy (non-hydrogen) atoms. The third-order valence-electron chi connectivity index (χ3n) is 3.95. The molecule has 0 fully saturated rings. The van der Waals surface area contributed by atoms with E-state index in [2.05, 4.69) is 4.98 Å². The number of oxazole rings is 1. The van der Waals surface area contributed by atoms with Crippen LogP contribution in [0.4, 0.5) is 0 Å². The Hall–Kier alpha value is -2.99. The lowest BCUT2D eigenvalue weighted by Gasteiger charge is -2.13. The molecule has 0 saturated carbocycles. The van der Waals surface area contributed by atoms with Gasteiger partial charge in [0, 0.05) is 18.0 Å². The minimum Gasteiger partial charge on any atom is -0.550 e. The van der Waals surface area contributed by atoms with Crippen LogP contribution in [0.3, 0.4) is 0 Å². The molecular weight excluding hydrogens is 382 g/mol. The highest BCUT2D eigenvalue weighted by Crippen LogP contribution is 2.38. The maximum atomic E-state index is 11.3. The minimum absolute atomic E-state index is 0.215. The number of fused-ring (bicyclic) bond motifs is 1. The molecule has 0 spiro atoms. The lowest BCUT2D eigenvalue weighted by Crippen LogP contribution is -2.22. The Morgan fingerprint density at radius 3 is 2.79 bits per heavy atom. The van der Waals surface area contributed by atoms with Gasteiger partial charge in [-0.25, -0.2) is 4.98 Å². The third kappa shape index (κ3) is 4.46. The summed E-state index contributed by atoms with van der Waals surface area (Å²) in [7, 11) is 1.51. The molecule has 6 nitrogen and oxygen atoms in total. The van der Waals surface area contributed by atoms with E-state index in [0.717, 1.165) is 6.42 Å². The van der Waals surface area contributed by atoms with Gasteiger partial charge in [-0.3, -0.25) is 0 Å². The summed E-state index contributed by atoms with van der Waals surface area (Å²) in [5.41, 5.74) is 2.20. The number of carboxylic acid groups (broad SMARTS) is 1. The molecule has 1 aromatic heterocycles. The Morgan fingerprint density at radius 2 is 2.11 bits per heavy atom. The topological polar surface area (TPSA) is 84.6 Å². The second-order valence-corrected chi connectivity index (χ2v) is 6.49. The summed E-state index contributed by atoms with van der Waals surface area (Å²) in [5.74, 6) is -0.120. The van der Waals surface area contributed by atoms with Gasteiger partial charge in [0.1, 0.15) is 5.52 Å².